The number of amides is 1. The van der Waals surface area contributed by atoms with E-state index in [1.807, 2.05) is 68.4 Å². The fourth-order valence-corrected chi connectivity index (χ4v) is 8.73. The second-order valence-corrected chi connectivity index (χ2v) is 16.4. The van der Waals surface area contributed by atoms with Crippen LogP contribution in [0.3, 0.4) is 0 Å². The van der Waals surface area contributed by atoms with Crippen LogP contribution < -0.4 is 5.32 Å². The number of alkyl carbamates (subject to hydrolysis) is 1. The number of nitrogens with one attached hydrogen (secondary N) is 1. The van der Waals surface area contributed by atoms with Crippen LogP contribution in [0.5, 0.6) is 0 Å². The van der Waals surface area contributed by atoms with Gasteiger partial charge in [-0.05, 0) is 78.7 Å². The van der Waals surface area contributed by atoms with Gasteiger partial charge in [-0.15, -0.1) is 0 Å². The number of hydrogen-bond donors (Lipinski definition) is 2. The molecule has 0 radical (unpaired) electrons. The summed E-state index contributed by atoms with van der Waals surface area (Å²) in [5, 5.41) is 15.4. The molecule has 1 amide bonds. The van der Waals surface area contributed by atoms with Gasteiger partial charge in [0.15, 0.2) is 17.7 Å². The van der Waals surface area contributed by atoms with Crippen molar-refractivity contribution in [3.05, 3.63) is 48.2 Å². The number of para-hydroxylation sites is 1. The van der Waals surface area contributed by atoms with E-state index in [1.165, 1.54) is 6.92 Å². The lowest BCUT2D eigenvalue weighted by molar-refractivity contribution is -0.296. The number of esters is 1. The van der Waals surface area contributed by atoms with Crippen molar-refractivity contribution in [1.29, 1.82) is 0 Å². The number of ketones is 2. The minimum Gasteiger partial charge on any atom is -0.458 e. The van der Waals surface area contributed by atoms with E-state index >= 15 is 0 Å². The molecule has 4 heterocycles. The van der Waals surface area contributed by atoms with Crippen molar-refractivity contribution in [2.24, 2.45) is 23.7 Å². The van der Waals surface area contributed by atoms with Crippen molar-refractivity contribution >= 4 is 40.6 Å². The number of likely N-dealkylation sites (N-methyl/N-ethyl adjacent to an activating group) is 1. The zero-order valence-corrected chi connectivity index (χ0v) is 33.8. The van der Waals surface area contributed by atoms with Crippen molar-refractivity contribution in [2.75, 3.05) is 20.7 Å². The lowest BCUT2D eigenvalue weighted by atomic mass is 9.73. The molecule has 0 saturated carbocycles. The molecule has 3 aliphatic heterocycles. The highest BCUT2D eigenvalue weighted by Crippen LogP contribution is 2.40. The lowest BCUT2D eigenvalue weighted by Gasteiger charge is -2.47. The first kappa shape index (κ1) is 42.4. The Morgan fingerprint density at radius 2 is 1.75 bits per heavy atom. The highest BCUT2D eigenvalue weighted by molar-refractivity contribution is 6.00. The van der Waals surface area contributed by atoms with Gasteiger partial charge < -0.3 is 39.0 Å². The van der Waals surface area contributed by atoms with E-state index < -0.39 is 83.4 Å². The summed E-state index contributed by atoms with van der Waals surface area (Å²) in [6.45, 7) is 13.8. The summed E-state index contributed by atoms with van der Waals surface area (Å²) in [6, 6.07) is 8.70. The van der Waals surface area contributed by atoms with Gasteiger partial charge in [-0.2, -0.15) is 0 Å². The molecule has 1 unspecified atom stereocenters. The molecule has 13 atom stereocenters. The third-order valence-electron chi connectivity index (χ3n) is 11.9. The first-order valence-electron chi connectivity index (χ1n) is 19.5. The van der Waals surface area contributed by atoms with Crippen LogP contribution in [0.2, 0.25) is 0 Å². The molecule has 55 heavy (non-hydrogen) atoms. The van der Waals surface area contributed by atoms with Gasteiger partial charge in [-0.3, -0.25) is 19.4 Å². The Hall–Kier alpha value is -3.75. The van der Waals surface area contributed by atoms with E-state index in [2.05, 4.69) is 10.3 Å². The van der Waals surface area contributed by atoms with Crippen molar-refractivity contribution in [3.63, 3.8) is 0 Å². The Morgan fingerprint density at radius 3 is 2.44 bits per heavy atom. The van der Waals surface area contributed by atoms with Crippen LogP contribution in [0.1, 0.15) is 80.2 Å². The van der Waals surface area contributed by atoms with Gasteiger partial charge in [-0.1, -0.05) is 58.0 Å². The number of benzene rings is 1. The minimum absolute atomic E-state index is 0.0612. The number of fused-ring (bicyclic) bond motifs is 2. The zero-order chi connectivity index (χ0) is 40.4. The molecule has 0 bridgehead atoms. The quantitative estimate of drug-likeness (QED) is 0.270. The maximum absolute atomic E-state index is 14.4. The highest BCUT2D eigenvalue weighted by atomic mass is 16.7. The molecular formula is C42H59N3O10. The van der Waals surface area contributed by atoms with Gasteiger partial charge in [0.1, 0.15) is 23.9 Å². The van der Waals surface area contributed by atoms with Crippen molar-refractivity contribution < 1.29 is 48.0 Å². The van der Waals surface area contributed by atoms with Crippen LogP contribution in [0.25, 0.3) is 17.0 Å². The molecule has 0 aliphatic carbocycles. The predicted molar refractivity (Wildman–Crippen MR) is 206 cm³/mol. The summed E-state index contributed by atoms with van der Waals surface area (Å²) in [5.74, 6) is -5.12. The number of ether oxygens (including phenoxy) is 5. The molecule has 13 heteroatoms. The first-order chi connectivity index (χ1) is 25.9. The highest BCUT2D eigenvalue weighted by Gasteiger charge is 2.57. The van der Waals surface area contributed by atoms with Crippen molar-refractivity contribution in [2.45, 2.75) is 129 Å². The molecule has 1 aromatic heterocycles. The van der Waals surface area contributed by atoms with E-state index in [1.54, 1.807) is 47.7 Å². The molecular weight excluding hydrogens is 706 g/mol. The monoisotopic (exact) mass is 765 g/mol. The average molecular weight is 766 g/mol. The van der Waals surface area contributed by atoms with Gasteiger partial charge in [-0.25, -0.2) is 4.79 Å². The van der Waals surface area contributed by atoms with E-state index in [4.69, 9.17) is 23.7 Å². The van der Waals surface area contributed by atoms with Gasteiger partial charge in [0.05, 0.1) is 36.0 Å². The molecule has 1 aromatic carbocycles. The van der Waals surface area contributed by atoms with Gasteiger partial charge in [0.2, 0.25) is 0 Å². The lowest BCUT2D eigenvalue weighted by Crippen LogP contribution is -2.60. The van der Waals surface area contributed by atoms with Crippen molar-refractivity contribution in [3.8, 4) is 0 Å². The Kier molecular flexibility index (Phi) is 13.2. The Balaban J connectivity index is 1.56. The van der Waals surface area contributed by atoms with E-state index in [-0.39, 0.29) is 37.4 Å². The maximum atomic E-state index is 14.4. The number of hydrogen-bond acceptors (Lipinski definition) is 12. The number of aromatic nitrogens is 1. The van der Waals surface area contributed by atoms with Crippen molar-refractivity contribution in [1.82, 2.24) is 15.2 Å². The standard InChI is InChI=1S/C42H59N3O10/c1-11-32-42(8)36(44-40(50)55-42)25(4)33(46)23(2)21-41(7,51-18-14-15-28-20-29-16-12-13-17-30(29)43-22-28)37(26(5)34(47)27(6)38(49)53-32)54-39-35(48)31(45(9)10)19-24(3)52-39/h12-17,20,22-27,31-32,35-37,39,48H,11,18-19,21H2,1-10H3,(H,44,50)/b15-14+/t23-,24-,25+,26+,27-,31+,32-,35-,36-,37-,39?,41-,42-/m1/s1. The maximum Gasteiger partial charge on any atom is 0.408 e. The second kappa shape index (κ2) is 17.2. The fourth-order valence-electron chi connectivity index (χ4n) is 8.73. The van der Waals surface area contributed by atoms with Crippen LogP contribution in [-0.4, -0.2) is 113 Å². The number of carbonyl (C=O) groups is 4. The zero-order valence-electron chi connectivity index (χ0n) is 33.8. The van der Waals surface area contributed by atoms with E-state index in [9.17, 15) is 24.3 Å². The molecule has 2 N–H and O–H groups in total. The largest absolute Gasteiger partial charge is 0.458 e. The second-order valence-electron chi connectivity index (χ2n) is 16.4. The number of carbonyl (C=O) groups excluding carboxylic acids is 4. The van der Waals surface area contributed by atoms with Gasteiger partial charge in [0.25, 0.3) is 0 Å². The molecule has 3 fully saturated rings. The molecule has 13 nitrogen and oxygen atoms in total. The minimum atomic E-state index is -1.38. The SMILES string of the molecule is CC[C@H]1OC(=O)[C@H](C)C(=O)[C@H](C)[C@@H](OC2O[C@H](C)C[C@H](N(C)C)[C@H]2O)[C@](C)(OC/C=C/c2cnc3ccccc3c2)C[C@@H](C)C(=O)[C@H](C)[C@H]2NC(=O)O[C@@]21C. The smallest absolute Gasteiger partial charge is 0.408 e. The normalized spacial score (nSPS) is 38.1. The number of cyclic esters (lactones) is 1. The summed E-state index contributed by atoms with van der Waals surface area (Å²) in [5.41, 5.74) is -1.00. The third-order valence-corrected chi connectivity index (χ3v) is 11.9. The Labute approximate surface area is 324 Å². The molecule has 0 spiro atoms. The topological polar surface area (TPSA) is 163 Å². The predicted octanol–water partition coefficient (Wildman–Crippen LogP) is 5.11. The molecule has 3 saturated heterocycles. The van der Waals surface area contributed by atoms with Gasteiger partial charge in [0, 0.05) is 35.4 Å². The van der Waals surface area contributed by atoms with Crippen LogP contribution in [-0.2, 0) is 38.1 Å². The number of Topliss-reactive ketones (excluding diaryl/α,β-unsaturated/α-hetero) is 2. The number of aliphatic hydroxyl groups is 1. The van der Waals surface area contributed by atoms with Crippen LogP contribution in [0.4, 0.5) is 4.79 Å². The average Bonchev–Trinajstić information content (AvgIpc) is 3.47. The Bertz CT molecular complexity index is 1750. The summed E-state index contributed by atoms with van der Waals surface area (Å²) in [4.78, 5) is 61.8. The van der Waals surface area contributed by atoms with Gasteiger partial charge >= 0.3 is 12.1 Å². The summed E-state index contributed by atoms with van der Waals surface area (Å²) >= 11 is 0. The summed E-state index contributed by atoms with van der Waals surface area (Å²) < 4.78 is 31.4. The first-order valence-corrected chi connectivity index (χ1v) is 19.5. The molecule has 302 valence electrons. The molecule has 3 aliphatic rings. The summed E-state index contributed by atoms with van der Waals surface area (Å²) in [6.07, 6.45) is 1.12. The van der Waals surface area contributed by atoms with E-state index in [0.29, 0.717) is 6.42 Å². The number of rotatable bonds is 8. The Morgan fingerprint density at radius 1 is 1.04 bits per heavy atom. The summed E-state index contributed by atoms with van der Waals surface area (Å²) in [7, 11) is 3.74. The molecule has 2 aromatic rings. The number of aliphatic hydroxyl groups excluding tert-OH is 1. The number of nitrogens with zero attached hydrogens (tertiary/aromatic N) is 2. The van der Waals surface area contributed by atoms with Crippen LogP contribution in [0.15, 0.2) is 42.6 Å². The van der Waals surface area contributed by atoms with Crippen LogP contribution >= 0.6 is 0 Å². The molecule has 5 rings (SSSR count). The number of pyridine rings is 1. The third kappa shape index (κ3) is 8.96. The van der Waals surface area contributed by atoms with E-state index in [0.717, 1.165) is 16.5 Å². The fraction of sp³-hybridized carbons (Fsp3) is 0.643. The van der Waals surface area contributed by atoms with Crippen LogP contribution in [0, 0.1) is 23.7 Å².